The first kappa shape index (κ1) is 15.8. The Bertz CT molecular complexity index is 466. The van der Waals surface area contributed by atoms with Crippen LogP contribution in [0.5, 0.6) is 5.75 Å². The molecule has 0 radical (unpaired) electrons. The van der Waals surface area contributed by atoms with Crippen molar-refractivity contribution >= 4 is 11.6 Å². The maximum Gasteiger partial charge on any atom is 0.238 e. The average Bonchev–Trinajstić information content (AvgIpc) is 2.43. The quantitative estimate of drug-likeness (QED) is 0.906. The molecule has 1 aliphatic heterocycles. The summed E-state index contributed by atoms with van der Waals surface area (Å²) >= 11 is 0. The molecule has 21 heavy (non-hydrogen) atoms. The summed E-state index contributed by atoms with van der Waals surface area (Å²) in [5.74, 6) is 1.54. The number of rotatable bonds is 5. The summed E-state index contributed by atoms with van der Waals surface area (Å²) in [5, 5.41) is 2.97. The molecule has 4 nitrogen and oxygen atoms in total. The summed E-state index contributed by atoms with van der Waals surface area (Å²) < 4.78 is 5.72. The Morgan fingerprint density at radius 3 is 2.67 bits per heavy atom. The van der Waals surface area contributed by atoms with Crippen LogP contribution in [-0.4, -0.2) is 36.5 Å². The van der Waals surface area contributed by atoms with E-state index in [0.717, 1.165) is 30.4 Å². The van der Waals surface area contributed by atoms with Gasteiger partial charge in [-0.3, -0.25) is 9.69 Å². The van der Waals surface area contributed by atoms with Crippen molar-refractivity contribution < 1.29 is 9.53 Å². The summed E-state index contributed by atoms with van der Waals surface area (Å²) in [6.07, 6.45) is 2.45. The first-order valence-corrected chi connectivity index (χ1v) is 7.82. The molecule has 1 aromatic rings. The minimum absolute atomic E-state index is 0.0318. The lowest BCUT2D eigenvalue weighted by Gasteiger charge is -2.29. The Morgan fingerprint density at radius 1 is 1.33 bits per heavy atom. The van der Waals surface area contributed by atoms with Crippen molar-refractivity contribution in [3.05, 3.63) is 24.3 Å². The summed E-state index contributed by atoms with van der Waals surface area (Å²) in [4.78, 5) is 14.4. The molecule has 1 aliphatic rings. The first-order chi connectivity index (χ1) is 10.0. The number of likely N-dealkylation sites (tertiary alicyclic amines) is 1. The Kier molecular flexibility index (Phi) is 5.62. The lowest BCUT2D eigenvalue weighted by Crippen LogP contribution is -2.38. The molecule has 0 bridgehead atoms. The van der Waals surface area contributed by atoms with Gasteiger partial charge in [-0.1, -0.05) is 19.1 Å². The number of hydrogen-bond acceptors (Lipinski definition) is 3. The molecule has 0 atom stereocenters. The first-order valence-electron chi connectivity index (χ1n) is 7.82. The number of amides is 1. The van der Waals surface area contributed by atoms with Crippen molar-refractivity contribution in [1.82, 2.24) is 4.90 Å². The van der Waals surface area contributed by atoms with Gasteiger partial charge in [0.05, 0.1) is 18.3 Å². The van der Waals surface area contributed by atoms with Crippen LogP contribution < -0.4 is 10.1 Å². The number of ether oxygens (including phenoxy) is 1. The van der Waals surface area contributed by atoms with Crippen LogP contribution >= 0.6 is 0 Å². The van der Waals surface area contributed by atoms with Gasteiger partial charge in [-0.05, 0) is 57.8 Å². The number of carbonyl (C=O) groups excluding carboxylic acids is 1. The molecule has 1 heterocycles. The van der Waals surface area contributed by atoms with E-state index in [1.165, 1.54) is 12.8 Å². The van der Waals surface area contributed by atoms with Gasteiger partial charge < -0.3 is 10.1 Å². The number of carbonyl (C=O) groups is 1. The Labute approximate surface area is 127 Å². The van der Waals surface area contributed by atoms with Crippen LogP contribution in [-0.2, 0) is 4.79 Å². The number of nitrogens with zero attached hydrogens (tertiary/aromatic N) is 1. The van der Waals surface area contributed by atoms with E-state index in [-0.39, 0.29) is 12.0 Å². The van der Waals surface area contributed by atoms with Crippen LogP contribution in [0, 0.1) is 5.92 Å². The second kappa shape index (κ2) is 7.46. The maximum absolute atomic E-state index is 12.2. The van der Waals surface area contributed by atoms with Crippen molar-refractivity contribution in [1.29, 1.82) is 0 Å². The van der Waals surface area contributed by atoms with E-state index >= 15 is 0 Å². The fourth-order valence-corrected chi connectivity index (χ4v) is 2.54. The van der Waals surface area contributed by atoms with Gasteiger partial charge in [0, 0.05) is 0 Å². The van der Waals surface area contributed by atoms with E-state index in [1.807, 2.05) is 38.1 Å². The van der Waals surface area contributed by atoms with Crippen LogP contribution in [0.3, 0.4) is 0 Å². The van der Waals surface area contributed by atoms with Crippen molar-refractivity contribution in [3.8, 4) is 5.75 Å². The van der Waals surface area contributed by atoms with Crippen molar-refractivity contribution in [3.63, 3.8) is 0 Å². The SMILES string of the molecule is CC1CCN(CC(=O)Nc2ccccc2OC(C)C)CC1. The Hall–Kier alpha value is -1.55. The molecule has 1 fully saturated rings. The lowest BCUT2D eigenvalue weighted by atomic mass is 9.99. The van der Waals surface area contributed by atoms with Crippen LogP contribution in [0.15, 0.2) is 24.3 Å². The van der Waals surface area contributed by atoms with Gasteiger partial charge in [-0.25, -0.2) is 0 Å². The van der Waals surface area contributed by atoms with Crippen molar-refractivity contribution in [2.45, 2.75) is 39.7 Å². The molecule has 0 saturated carbocycles. The maximum atomic E-state index is 12.2. The van der Waals surface area contributed by atoms with Gasteiger partial charge in [0.15, 0.2) is 0 Å². The summed E-state index contributed by atoms with van der Waals surface area (Å²) in [6.45, 7) is 8.72. The average molecular weight is 290 g/mol. The molecular weight excluding hydrogens is 264 g/mol. The van der Waals surface area contributed by atoms with Crippen molar-refractivity contribution in [2.24, 2.45) is 5.92 Å². The fourth-order valence-electron chi connectivity index (χ4n) is 2.54. The predicted octanol–water partition coefficient (Wildman–Crippen LogP) is 3.14. The van der Waals surface area contributed by atoms with Crippen molar-refractivity contribution in [2.75, 3.05) is 25.0 Å². The standard InChI is InChI=1S/C17H26N2O2/c1-13(2)21-16-7-5-4-6-15(16)18-17(20)12-19-10-8-14(3)9-11-19/h4-7,13-14H,8-12H2,1-3H3,(H,18,20). The molecular formula is C17H26N2O2. The number of benzene rings is 1. The highest BCUT2D eigenvalue weighted by Crippen LogP contribution is 2.25. The van der Waals surface area contributed by atoms with E-state index in [2.05, 4.69) is 17.1 Å². The van der Waals surface area contributed by atoms with Crippen LogP contribution in [0.1, 0.15) is 33.6 Å². The molecule has 0 spiro atoms. The normalized spacial score (nSPS) is 17.0. The minimum atomic E-state index is 0.0318. The molecule has 0 aliphatic carbocycles. The van der Waals surface area contributed by atoms with E-state index in [4.69, 9.17) is 4.74 Å². The topological polar surface area (TPSA) is 41.6 Å². The Balaban J connectivity index is 1.90. The lowest BCUT2D eigenvalue weighted by molar-refractivity contribution is -0.117. The largest absolute Gasteiger partial charge is 0.489 e. The molecule has 1 aromatic carbocycles. The second-order valence-electron chi connectivity index (χ2n) is 6.17. The predicted molar refractivity (Wildman–Crippen MR) is 85.7 cm³/mol. The smallest absolute Gasteiger partial charge is 0.238 e. The van der Waals surface area contributed by atoms with Crippen LogP contribution in [0.25, 0.3) is 0 Å². The molecule has 1 saturated heterocycles. The van der Waals surface area contributed by atoms with E-state index in [9.17, 15) is 4.79 Å². The zero-order chi connectivity index (χ0) is 15.2. The molecule has 2 rings (SSSR count). The molecule has 0 aromatic heterocycles. The van der Waals surface area contributed by atoms with Crippen LogP contribution in [0.4, 0.5) is 5.69 Å². The highest BCUT2D eigenvalue weighted by atomic mass is 16.5. The number of nitrogens with one attached hydrogen (secondary N) is 1. The van der Waals surface area contributed by atoms with E-state index in [1.54, 1.807) is 0 Å². The monoisotopic (exact) mass is 290 g/mol. The van der Waals surface area contributed by atoms with Gasteiger partial charge in [0.1, 0.15) is 5.75 Å². The third kappa shape index (κ3) is 5.05. The highest BCUT2D eigenvalue weighted by Gasteiger charge is 2.18. The number of piperidine rings is 1. The zero-order valence-corrected chi connectivity index (χ0v) is 13.3. The van der Waals surface area contributed by atoms with Gasteiger partial charge in [-0.2, -0.15) is 0 Å². The molecule has 116 valence electrons. The summed E-state index contributed by atoms with van der Waals surface area (Å²) in [5.41, 5.74) is 0.751. The third-order valence-electron chi connectivity index (χ3n) is 3.77. The summed E-state index contributed by atoms with van der Waals surface area (Å²) in [7, 11) is 0. The van der Waals surface area contributed by atoms with E-state index < -0.39 is 0 Å². The summed E-state index contributed by atoms with van der Waals surface area (Å²) in [6, 6.07) is 7.59. The van der Waals surface area contributed by atoms with Gasteiger partial charge in [-0.15, -0.1) is 0 Å². The van der Waals surface area contributed by atoms with Gasteiger partial charge >= 0.3 is 0 Å². The van der Waals surface area contributed by atoms with E-state index in [0.29, 0.717) is 6.54 Å². The molecule has 4 heteroatoms. The number of para-hydroxylation sites is 2. The molecule has 0 unspecified atom stereocenters. The minimum Gasteiger partial charge on any atom is -0.489 e. The number of anilines is 1. The number of hydrogen-bond donors (Lipinski definition) is 1. The molecule has 1 amide bonds. The third-order valence-corrected chi connectivity index (χ3v) is 3.77. The van der Waals surface area contributed by atoms with Gasteiger partial charge in [0.25, 0.3) is 0 Å². The zero-order valence-electron chi connectivity index (χ0n) is 13.3. The van der Waals surface area contributed by atoms with Crippen LogP contribution in [0.2, 0.25) is 0 Å². The fraction of sp³-hybridized carbons (Fsp3) is 0.588. The van der Waals surface area contributed by atoms with Gasteiger partial charge in [0.2, 0.25) is 5.91 Å². The Morgan fingerprint density at radius 2 is 2.00 bits per heavy atom. The molecule has 1 N–H and O–H groups in total. The highest BCUT2D eigenvalue weighted by molar-refractivity contribution is 5.93. The second-order valence-corrected chi connectivity index (χ2v) is 6.17.